The first-order chi connectivity index (χ1) is 10.3. The van der Waals surface area contributed by atoms with Gasteiger partial charge in [-0.2, -0.15) is 5.26 Å². The van der Waals surface area contributed by atoms with Crippen molar-refractivity contribution < 1.29 is 9.53 Å². The molecule has 2 heterocycles. The first kappa shape index (κ1) is 13.7. The van der Waals surface area contributed by atoms with Crippen molar-refractivity contribution >= 4 is 16.8 Å². The number of amides is 1. The first-order valence-electron chi connectivity index (χ1n) is 7.12. The van der Waals surface area contributed by atoms with Gasteiger partial charge in [-0.25, -0.2) is 0 Å². The van der Waals surface area contributed by atoms with Gasteiger partial charge in [0.2, 0.25) is 5.91 Å². The molecule has 0 saturated carbocycles. The number of hydrogen-bond acceptors (Lipinski definition) is 3. The zero-order valence-corrected chi connectivity index (χ0v) is 11.7. The van der Waals surface area contributed by atoms with E-state index in [-0.39, 0.29) is 18.5 Å². The van der Waals surface area contributed by atoms with Crippen molar-refractivity contribution in [1.82, 2.24) is 9.88 Å². The molecule has 1 N–H and O–H groups in total. The number of aromatic nitrogens is 1. The molecule has 0 aliphatic carbocycles. The van der Waals surface area contributed by atoms with Crippen molar-refractivity contribution in [1.29, 1.82) is 5.26 Å². The van der Waals surface area contributed by atoms with Gasteiger partial charge in [-0.1, -0.05) is 6.07 Å². The maximum atomic E-state index is 12.1. The lowest BCUT2D eigenvalue weighted by Crippen LogP contribution is -2.40. The predicted molar refractivity (Wildman–Crippen MR) is 78.6 cm³/mol. The number of nitrogens with one attached hydrogen (secondary N) is 1. The third kappa shape index (κ3) is 3.06. The molecule has 0 spiro atoms. The summed E-state index contributed by atoms with van der Waals surface area (Å²) in [7, 11) is 0. The average molecular weight is 283 g/mol. The number of carbonyl (C=O) groups excluding carboxylic acids is 1. The normalized spacial score (nSPS) is 15.8. The Labute approximate surface area is 123 Å². The van der Waals surface area contributed by atoms with Gasteiger partial charge in [0.1, 0.15) is 6.54 Å². The molecule has 0 radical (unpaired) electrons. The summed E-state index contributed by atoms with van der Waals surface area (Å²) in [5.74, 6) is 0.00163. The number of ether oxygens (including phenoxy) is 1. The molecule has 3 rings (SSSR count). The van der Waals surface area contributed by atoms with Gasteiger partial charge in [-0.15, -0.1) is 0 Å². The van der Waals surface area contributed by atoms with Crippen LogP contribution in [0.5, 0.6) is 0 Å². The van der Waals surface area contributed by atoms with Gasteiger partial charge in [0.05, 0.1) is 11.6 Å². The molecule has 0 unspecified atom stereocenters. The molecule has 1 aromatic carbocycles. The van der Waals surface area contributed by atoms with Crippen molar-refractivity contribution in [3.63, 3.8) is 0 Å². The van der Waals surface area contributed by atoms with E-state index < -0.39 is 0 Å². The largest absolute Gasteiger partial charge is 0.381 e. The Kier molecular flexibility index (Phi) is 3.89. The number of rotatable bonds is 3. The van der Waals surface area contributed by atoms with Gasteiger partial charge in [-0.3, -0.25) is 4.79 Å². The third-order valence-electron chi connectivity index (χ3n) is 3.80. The lowest BCUT2D eigenvalue weighted by molar-refractivity contribution is -0.122. The molecule has 0 bridgehead atoms. The zero-order chi connectivity index (χ0) is 14.7. The Morgan fingerprint density at radius 3 is 2.95 bits per heavy atom. The fraction of sp³-hybridized carbons (Fsp3) is 0.375. The fourth-order valence-electron chi connectivity index (χ4n) is 2.66. The second-order valence-corrected chi connectivity index (χ2v) is 5.28. The summed E-state index contributed by atoms with van der Waals surface area (Å²) in [6, 6.07) is 9.80. The molecular weight excluding hydrogens is 266 g/mol. The fourth-order valence-corrected chi connectivity index (χ4v) is 2.66. The number of nitrogens with zero attached hydrogens (tertiary/aromatic N) is 2. The van der Waals surface area contributed by atoms with E-state index in [9.17, 15) is 4.79 Å². The Bertz CT molecular complexity index is 693. The monoisotopic (exact) mass is 283 g/mol. The van der Waals surface area contributed by atoms with Crippen molar-refractivity contribution in [2.75, 3.05) is 13.2 Å². The van der Waals surface area contributed by atoms with Crippen molar-refractivity contribution in [2.24, 2.45) is 0 Å². The van der Waals surface area contributed by atoms with Gasteiger partial charge >= 0.3 is 0 Å². The highest BCUT2D eigenvalue weighted by molar-refractivity contribution is 5.84. The Morgan fingerprint density at radius 1 is 1.38 bits per heavy atom. The lowest BCUT2D eigenvalue weighted by Gasteiger charge is -2.23. The molecule has 1 fully saturated rings. The van der Waals surface area contributed by atoms with Gasteiger partial charge < -0.3 is 14.6 Å². The third-order valence-corrected chi connectivity index (χ3v) is 3.80. The Morgan fingerprint density at radius 2 is 2.19 bits per heavy atom. The smallest absolute Gasteiger partial charge is 0.240 e. The predicted octanol–water partition coefficient (Wildman–Crippen LogP) is 1.81. The molecule has 1 saturated heterocycles. The number of benzene rings is 1. The standard InChI is InChI=1S/C16H17N3O2/c17-10-12-1-2-13-3-6-19(15(13)9-12)11-16(20)18-14-4-7-21-8-5-14/h1-3,6,9,14H,4-5,7-8,11H2,(H,18,20). The number of hydrogen-bond donors (Lipinski definition) is 1. The van der Waals surface area contributed by atoms with E-state index in [4.69, 9.17) is 10.00 Å². The van der Waals surface area contributed by atoms with Gasteiger partial charge in [0.15, 0.2) is 0 Å². The summed E-state index contributed by atoms with van der Waals surface area (Å²) in [4.78, 5) is 12.1. The summed E-state index contributed by atoms with van der Waals surface area (Å²) in [5.41, 5.74) is 1.52. The molecule has 5 nitrogen and oxygen atoms in total. The minimum Gasteiger partial charge on any atom is -0.381 e. The molecule has 1 aliphatic rings. The quantitative estimate of drug-likeness (QED) is 0.934. The summed E-state index contributed by atoms with van der Waals surface area (Å²) in [5, 5.41) is 13.1. The topological polar surface area (TPSA) is 67.0 Å². The summed E-state index contributed by atoms with van der Waals surface area (Å²) in [6.07, 6.45) is 3.63. The van der Waals surface area contributed by atoms with Crippen LogP contribution in [-0.2, 0) is 16.1 Å². The summed E-state index contributed by atoms with van der Waals surface area (Å²) in [6.45, 7) is 1.70. The van der Waals surface area contributed by atoms with Crippen molar-refractivity contribution in [3.8, 4) is 6.07 Å². The molecule has 1 aliphatic heterocycles. The van der Waals surface area contributed by atoms with Gasteiger partial charge in [0.25, 0.3) is 0 Å². The van der Waals surface area contributed by atoms with E-state index >= 15 is 0 Å². The highest BCUT2D eigenvalue weighted by Gasteiger charge is 2.16. The van der Waals surface area contributed by atoms with Crippen LogP contribution >= 0.6 is 0 Å². The van der Waals surface area contributed by atoms with Crippen molar-refractivity contribution in [2.45, 2.75) is 25.4 Å². The van der Waals surface area contributed by atoms with E-state index in [1.165, 1.54) is 0 Å². The number of carbonyl (C=O) groups is 1. The van der Waals surface area contributed by atoms with Crippen molar-refractivity contribution in [3.05, 3.63) is 36.0 Å². The molecule has 0 atom stereocenters. The Balaban J connectivity index is 1.72. The van der Waals surface area contributed by atoms with Gasteiger partial charge in [-0.05, 0) is 36.4 Å². The van der Waals surface area contributed by atoms with E-state index in [0.717, 1.165) is 23.7 Å². The van der Waals surface area contributed by atoms with E-state index in [2.05, 4.69) is 11.4 Å². The van der Waals surface area contributed by atoms with Gasteiger partial charge in [0, 0.05) is 31.0 Å². The minimum absolute atomic E-state index is 0.00163. The SMILES string of the molecule is N#Cc1ccc2ccn(CC(=O)NC3CCOCC3)c2c1. The van der Waals surface area contributed by atoms with E-state index in [1.54, 1.807) is 6.07 Å². The molecule has 21 heavy (non-hydrogen) atoms. The van der Waals surface area contributed by atoms with Crippen LogP contribution in [0.4, 0.5) is 0 Å². The highest BCUT2D eigenvalue weighted by atomic mass is 16.5. The molecule has 1 aromatic heterocycles. The number of nitriles is 1. The van der Waals surface area contributed by atoms with Crippen LogP contribution in [-0.4, -0.2) is 29.7 Å². The maximum absolute atomic E-state index is 12.1. The van der Waals surface area contributed by atoms with Crippen LogP contribution in [0.25, 0.3) is 10.9 Å². The lowest BCUT2D eigenvalue weighted by atomic mass is 10.1. The Hall–Kier alpha value is -2.32. The number of fused-ring (bicyclic) bond motifs is 1. The van der Waals surface area contributed by atoms with Crippen LogP contribution < -0.4 is 5.32 Å². The van der Waals surface area contributed by atoms with E-state index in [1.807, 2.05) is 29.0 Å². The van der Waals surface area contributed by atoms with Crippen LogP contribution in [0.15, 0.2) is 30.5 Å². The van der Waals surface area contributed by atoms with E-state index in [0.29, 0.717) is 18.8 Å². The van der Waals surface area contributed by atoms with Crippen LogP contribution in [0, 0.1) is 11.3 Å². The molecular formula is C16H17N3O2. The second kappa shape index (κ2) is 5.98. The molecule has 108 valence electrons. The maximum Gasteiger partial charge on any atom is 0.240 e. The van der Waals surface area contributed by atoms with Crippen LogP contribution in [0.1, 0.15) is 18.4 Å². The van der Waals surface area contributed by atoms with Crippen LogP contribution in [0.2, 0.25) is 0 Å². The molecule has 2 aromatic rings. The summed E-state index contributed by atoms with van der Waals surface area (Å²) < 4.78 is 7.16. The first-order valence-corrected chi connectivity index (χ1v) is 7.12. The van der Waals surface area contributed by atoms with Crippen LogP contribution in [0.3, 0.4) is 0 Å². The zero-order valence-electron chi connectivity index (χ0n) is 11.7. The molecule has 5 heteroatoms. The average Bonchev–Trinajstić information content (AvgIpc) is 2.90. The summed E-state index contributed by atoms with van der Waals surface area (Å²) >= 11 is 0. The highest BCUT2D eigenvalue weighted by Crippen LogP contribution is 2.17. The second-order valence-electron chi connectivity index (χ2n) is 5.28. The molecule has 1 amide bonds. The minimum atomic E-state index is 0.00163.